The molecule has 0 aliphatic heterocycles. The first kappa shape index (κ1) is 20.0. The van der Waals surface area contributed by atoms with Gasteiger partial charge in [0.15, 0.2) is 0 Å². The molecular formula is C21H25ClN2O2. The van der Waals surface area contributed by atoms with Crippen molar-refractivity contribution < 1.29 is 9.59 Å². The van der Waals surface area contributed by atoms with E-state index in [1.54, 1.807) is 18.2 Å². The van der Waals surface area contributed by atoms with Crippen LogP contribution >= 0.6 is 11.6 Å². The Morgan fingerprint density at radius 2 is 1.73 bits per heavy atom. The average Bonchev–Trinajstić information content (AvgIpc) is 2.57. The highest BCUT2D eigenvalue weighted by molar-refractivity contribution is 6.31. The molecule has 1 atom stereocenters. The van der Waals surface area contributed by atoms with Crippen molar-refractivity contribution in [3.8, 4) is 0 Å². The normalized spacial score (nSPS) is 11.9. The Bertz CT molecular complexity index is 802. The summed E-state index contributed by atoms with van der Waals surface area (Å²) >= 11 is 6.02. The number of hydrogen-bond acceptors (Lipinski definition) is 2. The van der Waals surface area contributed by atoms with Crippen molar-refractivity contribution in [1.82, 2.24) is 5.32 Å². The summed E-state index contributed by atoms with van der Waals surface area (Å²) in [5, 5.41) is 6.32. The second kappa shape index (κ2) is 8.86. The third kappa shape index (κ3) is 5.33. The maximum atomic E-state index is 12.8. The number of benzene rings is 2. The molecule has 1 unspecified atom stereocenters. The second-order valence-electron chi connectivity index (χ2n) is 6.92. The van der Waals surface area contributed by atoms with Crippen LogP contribution in [0.3, 0.4) is 0 Å². The quantitative estimate of drug-likeness (QED) is 0.769. The fraction of sp³-hybridized carbons (Fsp3) is 0.333. The second-order valence-corrected chi connectivity index (χ2v) is 7.36. The maximum Gasteiger partial charge on any atom is 0.252 e. The summed E-state index contributed by atoms with van der Waals surface area (Å²) in [5.41, 5.74) is 3.02. The van der Waals surface area contributed by atoms with Gasteiger partial charge < -0.3 is 10.6 Å². The summed E-state index contributed by atoms with van der Waals surface area (Å²) < 4.78 is 0. The third-order valence-corrected chi connectivity index (χ3v) is 4.41. The first-order valence-corrected chi connectivity index (χ1v) is 9.09. The standard InChI is InChI=1S/C21H25ClN2O2/c1-13(2)11-19(24-20(25)17-8-6-5-7-14(17)3)21(26)23-18-12-16(22)10-9-15(18)4/h5-10,12-13,19H,11H2,1-4H3,(H,23,26)(H,24,25). The lowest BCUT2D eigenvalue weighted by molar-refractivity contribution is -0.118. The summed E-state index contributed by atoms with van der Waals surface area (Å²) in [4.78, 5) is 25.4. The van der Waals surface area contributed by atoms with Gasteiger partial charge in [0.05, 0.1) is 0 Å². The van der Waals surface area contributed by atoms with Crippen molar-refractivity contribution in [1.29, 1.82) is 0 Å². The van der Waals surface area contributed by atoms with E-state index in [0.717, 1.165) is 11.1 Å². The Kier molecular flexibility index (Phi) is 6.81. The molecule has 5 heteroatoms. The zero-order valence-electron chi connectivity index (χ0n) is 15.6. The summed E-state index contributed by atoms with van der Waals surface area (Å²) in [7, 11) is 0. The summed E-state index contributed by atoms with van der Waals surface area (Å²) in [5.74, 6) is -0.235. The van der Waals surface area contributed by atoms with E-state index in [4.69, 9.17) is 11.6 Å². The van der Waals surface area contributed by atoms with Crippen molar-refractivity contribution in [2.24, 2.45) is 5.92 Å². The molecule has 0 aliphatic carbocycles. The van der Waals surface area contributed by atoms with E-state index < -0.39 is 6.04 Å². The van der Waals surface area contributed by atoms with Crippen LogP contribution in [0.2, 0.25) is 5.02 Å². The number of nitrogens with one attached hydrogen (secondary N) is 2. The molecule has 0 spiro atoms. The van der Waals surface area contributed by atoms with Gasteiger partial charge >= 0.3 is 0 Å². The molecule has 0 fully saturated rings. The van der Waals surface area contributed by atoms with E-state index in [0.29, 0.717) is 22.7 Å². The molecule has 26 heavy (non-hydrogen) atoms. The number of aryl methyl sites for hydroxylation is 2. The average molecular weight is 373 g/mol. The molecule has 2 aromatic carbocycles. The first-order valence-electron chi connectivity index (χ1n) is 8.71. The largest absolute Gasteiger partial charge is 0.340 e. The van der Waals surface area contributed by atoms with E-state index in [-0.39, 0.29) is 17.7 Å². The Labute approximate surface area is 159 Å². The van der Waals surface area contributed by atoms with Crippen molar-refractivity contribution in [3.63, 3.8) is 0 Å². The number of carbonyl (C=O) groups excluding carboxylic acids is 2. The van der Waals surface area contributed by atoms with Gasteiger partial charge in [-0.05, 0) is 55.5 Å². The monoisotopic (exact) mass is 372 g/mol. The van der Waals surface area contributed by atoms with Crippen LogP contribution in [-0.2, 0) is 4.79 Å². The lowest BCUT2D eigenvalue weighted by atomic mass is 10.0. The molecule has 2 rings (SSSR count). The predicted molar refractivity (Wildman–Crippen MR) is 107 cm³/mol. The fourth-order valence-corrected chi connectivity index (χ4v) is 2.89. The minimum atomic E-state index is -0.625. The van der Waals surface area contributed by atoms with Gasteiger partial charge in [-0.2, -0.15) is 0 Å². The summed E-state index contributed by atoms with van der Waals surface area (Å²) in [6.07, 6.45) is 0.545. The molecule has 4 nitrogen and oxygen atoms in total. The molecule has 138 valence electrons. The number of hydrogen-bond donors (Lipinski definition) is 2. The minimum Gasteiger partial charge on any atom is -0.340 e. The lowest BCUT2D eigenvalue weighted by Gasteiger charge is -2.21. The van der Waals surface area contributed by atoms with Gasteiger partial charge in [0.2, 0.25) is 5.91 Å². The summed E-state index contributed by atoms with van der Waals surface area (Å²) in [6.45, 7) is 7.81. The van der Waals surface area contributed by atoms with Crippen LogP contribution in [0.4, 0.5) is 5.69 Å². The van der Waals surface area contributed by atoms with Crippen LogP contribution in [-0.4, -0.2) is 17.9 Å². The van der Waals surface area contributed by atoms with Gasteiger partial charge in [0.1, 0.15) is 6.04 Å². The smallest absolute Gasteiger partial charge is 0.252 e. The summed E-state index contributed by atoms with van der Waals surface area (Å²) in [6, 6.07) is 12.0. The van der Waals surface area contributed by atoms with Crippen LogP contribution in [0.1, 0.15) is 41.8 Å². The molecule has 0 saturated carbocycles. The molecular weight excluding hydrogens is 348 g/mol. The molecule has 2 aromatic rings. The van der Waals surface area contributed by atoms with Crippen molar-refractivity contribution in [2.45, 2.75) is 40.2 Å². The van der Waals surface area contributed by atoms with E-state index >= 15 is 0 Å². The SMILES string of the molecule is Cc1ccc(Cl)cc1NC(=O)C(CC(C)C)NC(=O)c1ccccc1C. The first-order chi connectivity index (χ1) is 12.3. The van der Waals surface area contributed by atoms with Gasteiger partial charge in [0, 0.05) is 16.3 Å². The Balaban J connectivity index is 2.18. The number of halogens is 1. The van der Waals surface area contributed by atoms with Gasteiger partial charge in [-0.3, -0.25) is 9.59 Å². The Morgan fingerprint density at radius 3 is 2.38 bits per heavy atom. The van der Waals surface area contributed by atoms with Crippen LogP contribution in [0, 0.1) is 19.8 Å². The molecule has 0 bridgehead atoms. The number of rotatable bonds is 6. The van der Waals surface area contributed by atoms with E-state index in [1.165, 1.54) is 0 Å². The Morgan fingerprint density at radius 1 is 1.04 bits per heavy atom. The topological polar surface area (TPSA) is 58.2 Å². The van der Waals surface area contributed by atoms with Gasteiger partial charge in [-0.25, -0.2) is 0 Å². The van der Waals surface area contributed by atoms with Crippen LogP contribution in [0.15, 0.2) is 42.5 Å². The number of carbonyl (C=O) groups is 2. The highest BCUT2D eigenvalue weighted by atomic mass is 35.5. The van der Waals surface area contributed by atoms with E-state index in [9.17, 15) is 9.59 Å². The molecule has 0 aromatic heterocycles. The molecule has 0 aliphatic rings. The zero-order valence-corrected chi connectivity index (χ0v) is 16.4. The molecule has 0 heterocycles. The van der Waals surface area contributed by atoms with Gasteiger partial charge in [0.25, 0.3) is 5.91 Å². The zero-order chi connectivity index (χ0) is 19.3. The molecule has 0 radical (unpaired) electrons. The fourth-order valence-electron chi connectivity index (χ4n) is 2.72. The number of amides is 2. The lowest BCUT2D eigenvalue weighted by Crippen LogP contribution is -2.44. The van der Waals surface area contributed by atoms with E-state index in [2.05, 4.69) is 10.6 Å². The van der Waals surface area contributed by atoms with Crippen molar-refractivity contribution >= 4 is 29.1 Å². The highest BCUT2D eigenvalue weighted by Gasteiger charge is 2.23. The van der Waals surface area contributed by atoms with Gasteiger partial charge in [-0.1, -0.05) is 49.7 Å². The minimum absolute atomic E-state index is 0.244. The van der Waals surface area contributed by atoms with E-state index in [1.807, 2.05) is 52.0 Å². The van der Waals surface area contributed by atoms with Gasteiger partial charge in [-0.15, -0.1) is 0 Å². The Hall–Kier alpha value is -2.33. The number of anilines is 1. The molecule has 0 saturated heterocycles. The maximum absolute atomic E-state index is 12.8. The van der Waals surface area contributed by atoms with Crippen molar-refractivity contribution in [2.75, 3.05) is 5.32 Å². The van der Waals surface area contributed by atoms with Crippen molar-refractivity contribution in [3.05, 3.63) is 64.2 Å². The van der Waals surface area contributed by atoms with Crippen LogP contribution in [0.5, 0.6) is 0 Å². The highest BCUT2D eigenvalue weighted by Crippen LogP contribution is 2.21. The third-order valence-electron chi connectivity index (χ3n) is 4.18. The van der Waals surface area contributed by atoms with Crippen LogP contribution < -0.4 is 10.6 Å². The predicted octanol–water partition coefficient (Wildman–Crippen LogP) is 4.74. The van der Waals surface area contributed by atoms with Crippen LogP contribution in [0.25, 0.3) is 0 Å². The molecule has 2 amide bonds. The molecule has 2 N–H and O–H groups in total.